The van der Waals surface area contributed by atoms with Crippen LogP contribution in [0.4, 0.5) is 0 Å². The maximum absolute atomic E-state index is 5.80. The molecule has 0 saturated carbocycles. The van der Waals surface area contributed by atoms with Crippen LogP contribution in [-0.4, -0.2) is 17.2 Å². The molecule has 0 N–H and O–H groups in total. The van der Waals surface area contributed by atoms with Crippen LogP contribution in [0.15, 0.2) is 79.0 Å². The lowest BCUT2D eigenvalue weighted by Crippen LogP contribution is -1.99. The summed E-state index contributed by atoms with van der Waals surface area (Å²) in [7, 11) is 5.80. The summed E-state index contributed by atoms with van der Waals surface area (Å²) in [5.41, 5.74) is 5.98. The SMILES string of the molecule is [B]c1ccc(-c2nc3ccccn3c2-c2ccccc2)cc1. The fourth-order valence-electron chi connectivity index (χ4n) is 2.71. The van der Waals surface area contributed by atoms with Crippen LogP contribution in [0.5, 0.6) is 0 Å². The maximum Gasteiger partial charge on any atom is 0.137 e. The van der Waals surface area contributed by atoms with Gasteiger partial charge in [-0.15, -0.1) is 0 Å². The van der Waals surface area contributed by atoms with Crippen molar-refractivity contribution in [3.8, 4) is 22.5 Å². The third-order valence-electron chi connectivity index (χ3n) is 3.76. The molecule has 0 saturated heterocycles. The van der Waals surface area contributed by atoms with Crippen molar-refractivity contribution in [2.45, 2.75) is 0 Å². The zero-order valence-corrected chi connectivity index (χ0v) is 12.0. The van der Waals surface area contributed by atoms with E-state index in [0.717, 1.165) is 33.6 Å². The third kappa shape index (κ3) is 2.11. The highest BCUT2D eigenvalue weighted by Gasteiger charge is 2.15. The molecule has 2 radical (unpaired) electrons. The second kappa shape index (κ2) is 5.19. The molecule has 2 aromatic heterocycles. The Balaban J connectivity index is 2.04. The minimum atomic E-state index is 0.758. The van der Waals surface area contributed by atoms with Crippen LogP contribution in [0.25, 0.3) is 28.2 Å². The summed E-state index contributed by atoms with van der Waals surface area (Å²) in [6.07, 6.45) is 2.05. The Kier molecular flexibility index (Phi) is 3.04. The minimum absolute atomic E-state index is 0.758. The van der Waals surface area contributed by atoms with Crippen LogP contribution < -0.4 is 5.46 Å². The van der Waals surface area contributed by atoms with E-state index in [1.54, 1.807) is 0 Å². The summed E-state index contributed by atoms with van der Waals surface area (Å²) < 4.78 is 2.13. The first-order valence-corrected chi connectivity index (χ1v) is 7.21. The molecule has 4 aromatic rings. The molecular weight excluding hydrogens is 267 g/mol. The third-order valence-corrected chi connectivity index (χ3v) is 3.76. The predicted octanol–water partition coefficient (Wildman–Crippen LogP) is 3.46. The number of hydrogen-bond donors (Lipinski definition) is 0. The zero-order chi connectivity index (χ0) is 14.9. The second-order valence-corrected chi connectivity index (χ2v) is 5.23. The van der Waals surface area contributed by atoms with E-state index in [-0.39, 0.29) is 0 Å². The van der Waals surface area contributed by atoms with Gasteiger partial charge in [0.2, 0.25) is 0 Å². The van der Waals surface area contributed by atoms with E-state index in [4.69, 9.17) is 12.8 Å². The molecule has 3 heteroatoms. The van der Waals surface area contributed by atoms with E-state index in [1.165, 1.54) is 0 Å². The van der Waals surface area contributed by atoms with Crippen molar-refractivity contribution in [3.63, 3.8) is 0 Å². The number of pyridine rings is 1. The first kappa shape index (κ1) is 12.9. The Morgan fingerprint density at radius 3 is 2.23 bits per heavy atom. The molecule has 0 unspecified atom stereocenters. The van der Waals surface area contributed by atoms with Gasteiger partial charge in [0.25, 0.3) is 0 Å². The van der Waals surface area contributed by atoms with Crippen LogP contribution >= 0.6 is 0 Å². The van der Waals surface area contributed by atoms with Crippen LogP contribution in [0.2, 0.25) is 0 Å². The number of fused-ring (bicyclic) bond motifs is 1. The summed E-state index contributed by atoms with van der Waals surface area (Å²) in [6.45, 7) is 0. The van der Waals surface area contributed by atoms with Crippen LogP contribution in [0.1, 0.15) is 0 Å². The predicted molar refractivity (Wildman–Crippen MR) is 91.5 cm³/mol. The Morgan fingerprint density at radius 1 is 0.727 bits per heavy atom. The Labute approximate surface area is 130 Å². The average molecular weight is 280 g/mol. The van der Waals surface area contributed by atoms with Crippen molar-refractivity contribution >= 4 is 19.0 Å². The number of benzene rings is 2. The second-order valence-electron chi connectivity index (χ2n) is 5.23. The van der Waals surface area contributed by atoms with E-state index in [1.807, 2.05) is 66.9 Å². The van der Waals surface area contributed by atoms with Gasteiger partial charge in [-0.1, -0.05) is 66.1 Å². The number of aromatic nitrogens is 2. The van der Waals surface area contributed by atoms with Gasteiger partial charge in [0.1, 0.15) is 13.5 Å². The lowest BCUT2D eigenvalue weighted by molar-refractivity contribution is 1.19. The van der Waals surface area contributed by atoms with Gasteiger partial charge >= 0.3 is 0 Å². The molecule has 22 heavy (non-hydrogen) atoms. The monoisotopic (exact) mass is 280 g/mol. The van der Waals surface area contributed by atoms with Gasteiger partial charge in [0.15, 0.2) is 0 Å². The van der Waals surface area contributed by atoms with Crippen LogP contribution in [-0.2, 0) is 0 Å². The molecule has 0 bridgehead atoms. The molecule has 0 aliphatic heterocycles. The molecule has 0 amide bonds. The van der Waals surface area contributed by atoms with Gasteiger partial charge in [0, 0.05) is 17.3 Å². The molecule has 2 nitrogen and oxygen atoms in total. The van der Waals surface area contributed by atoms with Gasteiger partial charge < -0.3 is 0 Å². The Hall–Kier alpha value is -2.81. The van der Waals surface area contributed by atoms with E-state index < -0.39 is 0 Å². The highest BCUT2D eigenvalue weighted by Crippen LogP contribution is 2.32. The van der Waals surface area contributed by atoms with Crippen molar-refractivity contribution in [3.05, 3.63) is 79.0 Å². The van der Waals surface area contributed by atoms with E-state index in [0.29, 0.717) is 0 Å². The fourth-order valence-corrected chi connectivity index (χ4v) is 2.71. The molecular formula is C19H13BN2. The van der Waals surface area contributed by atoms with Crippen molar-refractivity contribution < 1.29 is 0 Å². The highest BCUT2D eigenvalue weighted by atomic mass is 15.0. The van der Waals surface area contributed by atoms with Gasteiger partial charge in [-0.3, -0.25) is 4.40 Å². The fraction of sp³-hybridized carbons (Fsp3) is 0. The molecule has 2 heterocycles. The molecule has 0 aliphatic carbocycles. The number of nitrogens with zero attached hydrogens (tertiary/aromatic N) is 2. The molecule has 0 spiro atoms. The number of imidazole rings is 1. The first-order chi connectivity index (χ1) is 10.8. The van der Waals surface area contributed by atoms with Gasteiger partial charge in [-0.05, 0) is 12.1 Å². The van der Waals surface area contributed by atoms with Crippen LogP contribution in [0, 0.1) is 0 Å². The van der Waals surface area contributed by atoms with Crippen molar-refractivity contribution in [1.29, 1.82) is 0 Å². The van der Waals surface area contributed by atoms with Crippen LogP contribution in [0.3, 0.4) is 0 Å². The molecule has 4 rings (SSSR count). The minimum Gasteiger partial charge on any atom is -0.299 e. The standard InChI is InChI=1S/C19H13BN2/c20-16-11-9-14(10-12-16)18-19(15-6-2-1-3-7-15)22-13-5-4-8-17(22)21-18/h1-13H. The Morgan fingerprint density at radius 2 is 1.45 bits per heavy atom. The number of rotatable bonds is 2. The van der Waals surface area contributed by atoms with E-state index >= 15 is 0 Å². The van der Waals surface area contributed by atoms with Crippen molar-refractivity contribution in [1.82, 2.24) is 9.38 Å². The van der Waals surface area contributed by atoms with E-state index in [2.05, 4.69) is 16.5 Å². The highest BCUT2D eigenvalue weighted by molar-refractivity contribution is 6.32. The van der Waals surface area contributed by atoms with E-state index in [9.17, 15) is 0 Å². The van der Waals surface area contributed by atoms with Crippen molar-refractivity contribution in [2.75, 3.05) is 0 Å². The first-order valence-electron chi connectivity index (χ1n) is 7.21. The van der Waals surface area contributed by atoms with Crippen molar-refractivity contribution in [2.24, 2.45) is 0 Å². The summed E-state index contributed by atoms with van der Waals surface area (Å²) in [4.78, 5) is 4.81. The zero-order valence-electron chi connectivity index (χ0n) is 12.0. The quantitative estimate of drug-likeness (QED) is 0.514. The molecule has 0 aliphatic rings. The largest absolute Gasteiger partial charge is 0.299 e. The Bertz CT molecular complexity index is 925. The smallest absolute Gasteiger partial charge is 0.137 e. The lowest BCUT2D eigenvalue weighted by Gasteiger charge is -2.06. The summed E-state index contributed by atoms with van der Waals surface area (Å²) in [6, 6.07) is 24.2. The topological polar surface area (TPSA) is 17.3 Å². The molecule has 0 atom stereocenters. The lowest BCUT2D eigenvalue weighted by atomic mass is 9.94. The molecule has 0 fully saturated rings. The van der Waals surface area contributed by atoms with Gasteiger partial charge in [0.05, 0.1) is 11.4 Å². The summed E-state index contributed by atoms with van der Waals surface area (Å²) >= 11 is 0. The average Bonchev–Trinajstić information content (AvgIpc) is 2.96. The molecule has 2 aromatic carbocycles. The molecule has 102 valence electrons. The normalized spacial score (nSPS) is 10.9. The van der Waals surface area contributed by atoms with Gasteiger partial charge in [-0.2, -0.15) is 0 Å². The summed E-state index contributed by atoms with van der Waals surface area (Å²) in [5, 5.41) is 0. The number of hydrogen-bond acceptors (Lipinski definition) is 1. The summed E-state index contributed by atoms with van der Waals surface area (Å²) in [5.74, 6) is 0. The maximum atomic E-state index is 5.80. The van der Waals surface area contributed by atoms with Gasteiger partial charge in [-0.25, -0.2) is 4.98 Å².